The van der Waals surface area contributed by atoms with Crippen molar-refractivity contribution in [2.45, 2.75) is 6.04 Å². The van der Waals surface area contributed by atoms with E-state index in [1.807, 2.05) is 31.1 Å². The number of fused-ring (bicyclic) bond motifs is 1. The summed E-state index contributed by atoms with van der Waals surface area (Å²) in [5.41, 5.74) is 0.989. The maximum absolute atomic E-state index is 13.5. The van der Waals surface area contributed by atoms with Gasteiger partial charge in [0.25, 0.3) is 5.91 Å². The first-order valence-electron chi connectivity index (χ1n) is 10.1. The average molecular weight is 436 g/mol. The summed E-state index contributed by atoms with van der Waals surface area (Å²) in [6.45, 7) is 0.803. The largest absolute Gasteiger partial charge is 0.504 e. The molecule has 1 unspecified atom stereocenters. The number of phenols is 1. The van der Waals surface area contributed by atoms with Crippen LogP contribution in [-0.2, 0) is 4.79 Å². The molecule has 8 heteroatoms. The number of rotatable bonds is 7. The number of aromatic hydroxyl groups is 1. The van der Waals surface area contributed by atoms with Gasteiger partial charge in [0.05, 0.1) is 18.7 Å². The van der Waals surface area contributed by atoms with E-state index in [9.17, 15) is 19.8 Å². The molecule has 0 saturated heterocycles. The van der Waals surface area contributed by atoms with E-state index in [1.54, 1.807) is 30.3 Å². The van der Waals surface area contributed by atoms with Crippen molar-refractivity contribution in [2.75, 3.05) is 34.3 Å². The fraction of sp³-hybridized carbons (Fsp3) is 0.250. The molecule has 1 amide bonds. The highest BCUT2D eigenvalue weighted by Gasteiger charge is 2.44. The quantitative estimate of drug-likeness (QED) is 0.548. The molecule has 1 aromatic heterocycles. The molecular weight excluding hydrogens is 412 g/mol. The number of likely N-dealkylation sites (N-methyl/N-ethyl adjacent to an activating group) is 1. The maximum Gasteiger partial charge on any atom is 0.290 e. The van der Waals surface area contributed by atoms with Crippen LogP contribution in [0, 0.1) is 0 Å². The molecule has 0 aliphatic carbocycles. The number of carbonyl (C=O) groups is 2. The van der Waals surface area contributed by atoms with Gasteiger partial charge in [0.2, 0.25) is 5.78 Å². The van der Waals surface area contributed by atoms with Gasteiger partial charge in [-0.25, -0.2) is 0 Å². The number of phenolic OH excluding ortho intramolecular Hbond substituents is 1. The molecule has 2 heterocycles. The van der Waals surface area contributed by atoms with E-state index in [1.165, 1.54) is 18.1 Å². The van der Waals surface area contributed by atoms with Crippen LogP contribution in [-0.4, -0.2) is 66.0 Å². The molecule has 4 rings (SSSR count). The lowest BCUT2D eigenvalue weighted by Crippen LogP contribution is -2.36. The number of aliphatic hydroxyl groups excluding tert-OH is 1. The minimum atomic E-state index is -0.863. The third-order valence-electron chi connectivity index (χ3n) is 5.51. The summed E-state index contributed by atoms with van der Waals surface area (Å²) >= 11 is 0. The summed E-state index contributed by atoms with van der Waals surface area (Å²) in [7, 11) is 5.15. The van der Waals surface area contributed by atoms with Gasteiger partial charge >= 0.3 is 0 Å². The van der Waals surface area contributed by atoms with Gasteiger partial charge in [-0.05, 0) is 43.9 Å². The zero-order valence-electron chi connectivity index (χ0n) is 18.0. The number of ketones is 1. The van der Waals surface area contributed by atoms with Crippen LogP contribution in [0.15, 0.2) is 64.3 Å². The van der Waals surface area contributed by atoms with E-state index < -0.39 is 23.5 Å². The highest BCUT2D eigenvalue weighted by molar-refractivity contribution is 6.16. The Hall–Kier alpha value is -3.78. The Balaban J connectivity index is 1.81. The lowest BCUT2D eigenvalue weighted by atomic mass is 9.94. The van der Waals surface area contributed by atoms with Gasteiger partial charge in [0.1, 0.15) is 5.58 Å². The Labute approximate surface area is 184 Å². The third kappa shape index (κ3) is 3.69. The van der Waals surface area contributed by atoms with Crippen LogP contribution in [0.2, 0.25) is 0 Å². The molecule has 1 atom stereocenters. The van der Waals surface area contributed by atoms with Crippen molar-refractivity contribution in [3.8, 4) is 11.5 Å². The van der Waals surface area contributed by atoms with Crippen molar-refractivity contribution < 1.29 is 29.0 Å². The number of carbonyl (C=O) groups excluding carboxylic acids is 2. The Morgan fingerprint density at radius 1 is 1.16 bits per heavy atom. The Bertz CT molecular complexity index is 1190. The third-order valence-corrected chi connectivity index (χ3v) is 5.51. The van der Waals surface area contributed by atoms with Crippen molar-refractivity contribution in [1.82, 2.24) is 9.80 Å². The second kappa shape index (κ2) is 8.39. The molecule has 2 N–H and O–H groups in total. The highest BCUT2D eigenvalue weighted by atomic mass is 16.5. The number of ether oxygens (including phenoxy) is 1. The van der Waals surface area contributed by atoms with Gasteiger partial charge in [0.15, 0.2) is 23.0 Å². The van der Waals surface area contributed by atoms with Crippen LogP contribution in [0.4, 0.5) is 0 Å². The number of methoxy groups -OCH3 is 1. The molecule has 1 aliphatic heterocycles. The number of benzene rings is 2. The molecule has 1 aliphatic rings. The molecule has 32 heavy (non-hydrogen) atoms. The molecule has 2 aromatic carbocycles. The average Bonchev–Trinajstić information content (AvgIpc) is 3.32. The smallest absolute Gasteiger partial charge is 0.290 e. The van der Waals surface area contributed by atoms with Gasteiger partial charge in [-0.15, -0.1) is 0 Å². The highest BCUT2D eigenvalue weighted by Crippen LogP contribution is 2.41. The molecule has 8 nitrogen and oxygen atoms in total. The number of hydrogen-bond acceptors (Lipinski definition) is 7. The number of aliphatic hydroxyl groups is 1. The maximum atomic E-state index is 13.5. The van der Waals surface area contributed by atoms with Crippen molar-refractivity contribution in [3.05, 3.63) is 71.2 Å². The second-order valence-corrected chi connectivity index (χ2v) is 7.88. The van der Waals surface area contributed by atoms with Crippen molar-refractivity contribution in [3.63, 3.8) is 0 Å². The molecule has 0 bridgehead atoms. The van der Waals surface area contributed by atoms with E-state index in [-0.39, 0.29) is 29.4 Å². The van der Waals surface area contributed by atoms with Crippen LogP contribution in [0.3, 0.4) is 0 Å². The summed E-state index contributed by atoms with van der Waals surface area (Å²) in [6, 6.07) is 12.5. The first kappa shape index (κ1) is 21.5. The predicted octanol–water partition coefficient (Wildman–Crippen LogP) is 3.29. The van der Waals surface area contributed by atoms with Gasteiger partial charge in [0, 0.05) is 18.5 Å². The number of para-hydroxylation sites is 1. The first-order valence-corrected chi connectivity index (χ1v) is 10.1. The number of Topliss-reactive ketones (excluding diaryl/α,β-unsaturated/α-hetero) is 1. The minimum Gasteiger partial charge on any atom is -0.504 e. The first-order chi connectivity index (χ1) is 15.3. The summed E-state index contributed by atoms with van der Waals surface area (Å²) < 4.78 is 10.9. The van der Waals surface area contributed by atoms with Gasteiger partial charge < -0.3 is 29.2 Å². The van der Waals surface area contributed by atoms with Gasteiger partial charge in [-0.3, -0.25) is 9.59 Å². The van der Waals surface area contributed by atoms with Crippen molar-refractivity contribution in [1.29, 1.82) is 0 Å². The number of amides is 1. The van der Waals surface area contributed by atoms with E-state index in [4.69, 9.17) is 9.15 Å². The minimum absolute atomic E-state index is 0.0331. The summed E-state index contributed by atoms with van der Waals surface area (Å²) in [4.78, 5) is 29.8. The lowest BCUT2D eigenvalue weighted by molar-refractivity contribution is -0.129. The van der Waals surface area contributed by atoms with E-state index >= 15 is 0 Å². The predicted molar refractivity (Wildman–Crippen MR) is 118 cm³/mol. The Morgan fingerprint density at radius 3 is 2.59 bits per heavy atom. The summed E-state index contributed by atoms with van der Waals surface area (Å²) in [6.07, 6.45) is 0. The normalized spacial score (nSPS) is 16.4. The molecule has 0 radical (unpaired) electrons. The summed E-state index contributed by atoms with van der Waals surface area (Å²) in [5.74, 6) is -1.65. The topological polar surface area (TPSA) is 103 Å². The van der Waals surface area contributed by atoms with Crippen LogP contribution in [0.25, 0.3) is 11.0 Å². The summed E-state index contributed by atoms with van der Waals surface area (Å²) in [5, 5.41) is 21.5. The SMILES string of the molecule is COc1cc(C2C(C(=O)c3cc4ccccc4o3)=C(O)C(=O)N2CCN(C)C)ccc1O. The zero-order valence-corrected chi connectivity index (χ0v) is 18.0. The molecule has 0 saturated carbocycles. The van der Waals surface area contributed by atoms with Crippen LogP contribution < -0.4 is 4.74 Å². The zero-order chi connectivity index (χ0) is 23.0. The van der Waals surface area contributed by atoms with Crippen LogP contribution in [0.1, 0.15) is 22.2 Å². The lowest BCUT2D eigenvalue weighted by Gasteiger charge is -2.28. The van der Waals surface area contributed by atoms with Gasteiger partial charge in [-0.1, -0.05) is 24.3 Å². The van der Waals surface area contributed by atoms with Crippen LogP contribution in [0.5, 0.6) is 11.5 Å². The van der Waals surface area contributed by atoms with E-state index in [0.717, 1.165) is 5.39 Å². The molecular formula is C24H24N2O6. The van der Waals surface area contributed by atoms with Crippen molar-refractivity contribution in [2.24, 2.45) is 0 Å². The van der Waals surface area contributed by atoms with E-state index in [2.05, 4.69) is 0 Å². The Kier molecular flexibility index (Phi) is 5.63. The molecule has 0 spiro atoms. The molecule has 3 aromatic rings. The van der Waals surface area contributed by atoms with Crippen molar-refractivity contribution >= 4 is 22.7 Å². The van der Waals surface area contributed by atoms with Crippen LogP contribution >= 0.6 is 0 Å². The van der Waals surface area contributed by atoms with Gasteiger partial charge in [-0.2, -0.15) is 0 Å². The fourth-order valence-corrected chi connectivity index (χ4v) is 3.86. The second-order valence-electron chi connectivity index (χ2n) is 7.88. The molecule has 166 valence electrons. The monoisotopic (exact) mass is 436 g/mol. The fourth-order valence-electron chi connectivity index (χ4n) is 3.86. The number of nitrogens with zero attached hydrogens (tertiary/aromatic N) is 2. The Morgan fingerprint density at radius 2 is 1.91 bits per heavy atom. The standard InChI is InChI=1S/C24H24N2O6/c1-25(2)10-11-26-21(15-8-9-16(27)18(13-15)31-3)20(23(29)24(26)30)22(28)19-12-14-6-4-5-7-17(14)32-19/h4-9,12-13,21,27,29H,10-11H2,1-3H3. The number of furan rings is 1. The van der Waals surface area contributed by atoms with E-state index in [0.29, 0.717) is 17.7 Å². The number of hydrogen-bond donors (Lipinski definition) is 2. The molecule has 0 fully saturated rings.